The van der Waals surface area contributed by atoms with Crippen LogP contribution in [0.2, 0.25) is 0 Å². The summed E-state index contributed by atoms with van der Waals surface area (Å²) in [7, 11) is 2.05. The third-order valence-corrected chi connectivity index (χ3v) is 3.18. The first-order chi connectivity index (χ1) is 9.54. The van der Waals surface area contributed by atoms with E-state index in [1.165, 1.54) is 12.1 Å². The molecule has 0 saturated carbocycles. The van der Waals surface area contributed by atoms with E-state index in [9.17, 15) is 4.39 Å². The van der Waals surface area contributed by atoms with Crippen molar-refractivity contribution >= 4 is 17.6 Å². The summed E-state index contributed by atoms with van der Waals surface area (Å²) in [5.41, 5.74) is 0.607. The van der Waals surface area contributed by atoms with E-state index in [2.05, 4.69) is 15.5 Å². The van der Waals surface area contributed by atoms with Crippen LogP contribution in [0.15, 0.2) is 24.3 Å². The van der Waals surface area contributed by atoms with Crippen LogP contribution in [-0.4, -0.2) is 54.9 Å². The second kappa shape index (κ2) is 6.33. The lowest BCUT2D eigenvalue weighted by Gasteiger charge is -2.34. The average Bonchev–Trinajstić information content (AvgIpc) is 2.42. The zero-order valence-electron chi connectivity index (χ0n) is 11.4. The summed E-state index contributed by atoms with van der Waals surface area (Å²) in [4.78, 5) is 4.09. The molecule has 6 nitrogen and oxygen atoms in total. The summed E-state index contributed by atoms with van der Waals surface area (Å²) in [6.07, 6.45) is 0. The van der Waals surface area contributed by atoms with Crippen molar-refractivity contribution in [3.05, 3.63) is 30.1 Å². The molecule has 0 radical (unpaired) electrons. The summed E-state index contributed by atoms with van der Waals surface area (Å²) in [6.45, 7) is 3.35. The summed E-state index contributed by atoms with van der Waals surface area (Å²) in [5, 5.41) is 21.2. The van der Waals surface area contributed by atoms with Crippen LogP contribution in [0.3, 0.4) is 0 Å². The van der Waals surface area contributed by atoms with Gasteiger partial charge in [-0.3, -0.25) is 16.1 Å². The highest BCUT2D eigenvalue weighted by Gasteiger charge is 2.17. The summed E-state index contributed by atoms with van der Waals surface area (Å²) >= 11 is 0. The third-order valence-electron chi connectivity index (χ3n) is 3.18. The number of nitrogens with zero attached hydrogens (tertiary/aromatic N) is 2. The minimum atomic E-state index is -0.319. The Morgan fingerprint density at radius 3 is 2.30 bits per heavy atom. The minimum Gasteiger partial charge on any atom is -0.340 e. The van der Waals surface area contributed by atoms with Gasteiger partial charge in [-0.1, -0.05) is 0 Å². The number of rotatable bonds is 1. The van der Waals surface area contributed by atoms with Gasteiger partial charge in [0.05, 0.1) is 0 Å². The highest BCUT2D eigenvalue weighted by atomic mass is 19.1. The van der Waals surface area contributed by atoms with Gasteiger partial charge in [0.25, 0.3) is 0 Å². The Balaban J connectivity index is 1.82. The summed E-state index contributed by atoms with van der Waals surface area (Å²) < 4.78 is 12.8. The number of anilines is 1. The zero-order valence-corrected chi connectivity index (χ0v) is 11.4. The summed E-state index contributed by atoms with van der Waals surface area (Å²) in [6, 6.07) is 5.73. The topological polar surface area (TPSA) is 78.2 Å². The molecule has 7 heteroatoms. The molecule has 1 saturated heterocycles. The standard InChI is InChI=1S/C13H19FN6/c1-19-6-8-20(9-7-19)13(16)18-12(15)17-11-4-2-10(14)3-5-11/h2-5H,6-9H2,1H3,(H4,15,16,17,18). The fourth-order valence-corrected chi connectivity index (χ4v) is 1.94. The van der Waals surface area contributed by atoms with Crippen LogP contribution in [0.25, 0.3) is 0 Å². The first-order valence-corrected chi connectivity index (χ1v) is 6.45. The molecule has 0 bridgehead atoms. The van der Waals surface area contributed by atoms with Gasteiger partial charge < -0.3 is 15.1 Å². The van der Waals surface area contributed by atoms with Crippen LogP contribution in [-0.2, 0) is 0 Å². The minimum absolute atomic E-state index is 0.000497. The average molecular weight is 278 g/mol. The maximum atomic E-state index is 12.8. The van der Waals surface area contributed by atoms with Crippen molar-refractivity contribution in [1.29, 1.82) is 10.8 Å². The number of piperazine rings is 1. The van der Waals surface area contributed by atoms with Crippen molar-refractivity contribution in [2.75, 3.05) is 38.5 Å². The normalized spacial score (nSPS) is 15.8. The van der Waals surface area contributed by atoms with Crippen LogP contribution in [0.1, 0.15) is 0 Å². The Bertz CT molecular complexity index is 478. The van der Waals surface area contributed by atoms with Gasteiger partial charge in [0.15, 0.2) is 11.9 Å². The number of hydrogen-bond acceptors (Lipinski definition) is 3. The van der Waals surface area contributed by atoms with E-state index in [1.807, 2.05) is 11.9 Å². The molecule has 108 valence electrons. The Kier molecular flexibility index (Phi) is 4.52. The van der Waals surface area contributed by atoms with E-state index in [1.54, 1.807) is 12.1 Å². The van der Waals surface area contributed by atoms with Crippen molar-refractivity contribution in [3.63, 3.8) is 0 Å². The molecular formula is C13H19FN6. The molecule has 1 aliphatic rings. The zero-order chi connectivity index (χ0) is 14.5. The van der Waals surface area contributed by atoms with E-state index in [0.717, 1.165) is 26.2 Å². The Hall–Kier alpha value is -2.15. The first-order valence-electron chi connectivity index (χ1n) is 6.45. The first kappa shape index (κ1) is 14.3. The van der Waals surface area contributed by atoms with Crippen molar-refractivity contribution in [1.82, 2.24) is 15.1 Å². The number of benzene rings is 1. The highest BCUT2D eigenvalue weighted by Crippen LogP contribution is 2.07. The van der Waals surface area contributed by atoms with Gasteiger partial charge >= 0.3 is 0 Å². The fraction of sp³-hybridized carbons (Fsp3) is 0.385. The Morgan fingerprint density at radius 2 is 1.70 bits per heavy atom. The quantitative estimate of drug-likeness (QED) is 0.455. The Labute approximate surface area is 117 Å². The molecule has 1 aromatic rings. The molecule has 2 rings (SSSR count). The smallest absolute Gasteiger partial charge is 0.199 e. The molecule has 1 fully saturated rings. The van der Waals surface area contributed by atoms with Gasteiger partial charge in [-0.2, -0.15) is 0 Å². The van der Waals surface area contributed by atoms with Crippen LogP contribution in [0, 0.1) is 16.6 Å². The third kappa shape index (κ3) is 3.92. The molecule has 1 aromatic carbocycles. The molecule has 0 unspecified atom stereocenters. The van der Waals surface area contributed by atoms with E-state index in [0.29, 0.717) is 5.69 Å². The van der Waals surface area contributed by atoms with Crippen molar-refractivity contribution in [2.45, 2.75) is 0 Å². The molecule has 0 spiro atoms. The fourth-order valence-electron chi connectivity index (χ4n) is 1.94. The SMILES string of the molecule is CN1CCN(C(=N)NC(=N)Nc2ccc(F)cc2)CC1. The monoisotopic (exact) mass is 278 g/mol. The predicted molar refractivity (Wildman–Crippen MR) is 77.7 cm³/mol. The van der Waals surface area contributed by atoms with Crippen molar-refractivity contribution < 1.29 is 4.39 Å². The van der Waals surface area contributed by atoms with Crippen LogP contribution >= 0.6 is 0 Å². The highest BCUT2D eigenvalue weighted by molar-refractivity contribution is 6.02. The molecule has 1 heterocycles. The maximum Gasteiger partial charge on any atom is 0.199 e. The van der Waals surface area contributed by atoms with Crippen molar-refractivity contribution in [2.24, 2.45) is 0 Å². The second-order valence-corrected chi connectivity index (χ2v) is 4.77. The lowest BCUT2D eigenvalue weighted by Crippen LogP contribution is -2.52. The van der Waals surface area contributed by atoms with Gasteiger partial charge in [-0.15, -0.1) is 0 Å². The maximum absolute atomic E-state index is 12.8. The summed E-state index contributed by atoms with van der Waals surface area (Å²) in [5.74, 6) is -0.113. The molecule has 0 aromatic heterocycles. The molecule has 0 aliphatic carbocycles. The van der Waals surface area contributed by atoms with E-state index >= 15 is 0 Å². The number of nitrogens with one attached hydrogen (secondary N) is 4. The van der Waals surface area contributed by atoms with Crippen molar-refractivity contribution in [3.8, 4) is 0 Å². The van der Waals surface area contributed by atoms with E-state index in [4.69, 9.17) is 10.8 Å². The largest absolute Gasteiger partial charge is 0.340 e. The van der Waals surface area contributed by atoms with Gasteiger partial charge in [0.1, 0.15) is 5.82 Å². The number of halogens is 1. The van der Waals surface area contributed by atoms with E-state index in [-0.39, 0.29) is 17.7 Å². The van der Waals surface area contributed by atoms with Gasteiger partial charge in [-0.05, 0) is 31.3 Å². The van der Waals surface area contributed by atoms with Gasteiger partial charge in [0.2, 0.25) is 0 Å². The predicted octanol–water partition coefficient (Wildman–Crippen LogP) is 0.944. The van der Waals surface area contributed by atoms with Gasteiger partial charge in [-0.25, -0.2) is 4.39 Å². The molecule has 4 N–H and O–H groups in total. The molecule has 0 atom stereocenters. The molecule has 20 heavy (non-hydrogen) atoms. The van der Waals surface area contributed by atoms with Gasteiger partial charge in [0, 0.05) is 31.9 Å². The molecule has 0 amide bonds. The van der Waals surface area contributed by atoms with E-state index < -0.39 is 0 Å². The van der Waals surface area contributed by atoms with Crippen LogP contribution in [0.5, 0.6) is 0 Å². The van der Waals surface area contributed by atoms with Crippen LogP contribution in [0.4, 0.5) is 10.1 Å². The number of guanidine groups is 2. The molecular weight excluding hydrogens is 259 g/mol. The van der Waals surface area contributed by atoms with Crippen LogP contribution < -0.4 is 10.6 Å². The number of hydrogen-bond donors (Lipinski definition) is 4. The lowest BCUT2D eigenvalue weighted by atomic mass is 10.3. The second-order valence-electron chi connectivity index (χ2n) is 4.77. The lowest BCUT2D eigenvalue weighted by molar-refractivity contribution is 0.212. The number of likely N-dealkylation sites (N-methyl/N-ethyl adjacent to an activating group) is 1. The molecule has 1 aliphatic heterocycles. The Morgan fingerprint density at radius 1 is 1.10 bits per heavy atom.